The predicted molar refractivity (Wildman–Crippen MR) is 96.4 cm³/mol. The first-order valence-corrected chi connectivity index (χ1v) is 8.10. The van der Waals surface area contributed by atoms with Crippen LogP contribution in [0.25, 0.3) is 5.65 Å². The Labute approximate surface area is 147 Å². The van der Waals surface area contributed by atoms with E-state index in [4.69, 9.17) is 9.47 Å². The number of anilines is 1. The number of hydrogen-bond donors (Lipinski definition) is 1. The van der Waals surface area contributed by atoms with Gasteiger partial charge in [0.1, 0.15) is 5.82 Å². The van der Waals surface area contributed by atoms with Gasteiger partial charge in [0.05, 0.1) is 14.2 Å². The molecule has 0 saturated heterocycles. The van der Waals surface area contributed by atoms with Crippen LogP contribution in [-0.2, 0) is 12.0 Å². The zero-order chi connectivity index (χ0) is 18.0. The summed E-state index contributed by atoms with van der Waals surface area (Å²) >= 11 is 0. The van der Waals surface area contributed by atoms with Gasteiger partial charge in [0.2, 0.25) is 0 Å². The molecule has 0 aliphatic carbocycles. The number of para-hydroxylation sites is 1. The van der Waals surface area contributed by atoms with Crippen molar-refractivity contribution >= 4 is 11.5 Å². The molecule has 0 aliphatic rings. The highest BCUT2D eigenvalue weighted by molar-refractivity contribution is 5.49. The maximum absolute atomic E-state index is 5.47. The van der Waals surface area contributed by atoms with E-state index in [0.29, 0.717) is 12.3 Å². The van der Waals surface area contributed by atoms with Gasteiger partial charge in [0.25, 0.3) is 0 Å². The molecule has 3 aromatic rings. The molecule has 0 saturated carbocycles. The first kappa shape index (κ1) is 17.0. The van der Waals surface area contributed by atoms with Crippen LogP contribution in [0.1, 0.15) is 32.2 Å². The van der Waals surface area contributed by atoms with Gasteiger partial charge in [-0.2, -0.15) is 4.52 Å². The van der Waals surface area contributed by atoms with Gasteiger partial charge in [-0.25, -0.2) is 0 Å². The molecule has 25 heavy (non-hydrogen) atoms. The van der Waals surface area contributed by atoms with Crippen LogP contribution in [0.3, 0.4) is 0 Å². The molecule has 0 radical (unpaired) electrons. The molecule has 1 aromatic carbocycles. The van der Waals surface area contributed by atoms with Gasteiger partial charge in [-0.05, 0) is 18.2 Å². The van der Waals surface area contributed by atoms with E-state index in [1.807, 2.05) is 30.3 Å². The third kappa shape index (κ3) is 3.35. The summed E-state index contributed by atoms with van der Waals surface area (Å²) in [5.41, 5.74) is 1.58. The molecular weight excluding hydrogens is 318 g/mol. The first-order chi connectivity index (χ1) is 11.9. The van der Waals surface area contributed by atoms with E-state index in [1.165, 1.54) is 0 Å². The lowest BCUT2D eigenvalue weighted by Crippen LogP contribution is -2.17. The van der Waals surface area contributed by atoms with E-state index in [1.54, 1.807) is 18.7 Å². The standard InChI is InChI=1S/C18H23N5O2/c1-18(2,3)17-21-20-15-10-9-14(22-23(15)17)19-11-12-7-6-8-13(24-4)16(12)25-5/h6-10H,11H2,1-5H3,(H,19,22). The minimum absolute atomic E-state index is 0.138. The largest absolute Gasteiger partial charge is 0.493 e. The maximum atomic E-state index is 5.47. The molecule has 1 N–H and O–H groups in total. The van der Waals surface area contributed by atoms with Crippen LogP contribution in [0, 0.1) is 0 Å². The van der Waals surface area contributed by atoms with Gasteiger partial charge in [-0.15, -0.1) is 15.3 Å². The number of benzene rings is 1. The summed E-state index contributed by atoms with van der Waals surface area (Å²) in [7, 11) is 3.27. The van der Waals surface area contributed by atoms with E-state index >= 15 is 0 Å². The Bertz CT molecular complexity index is 883. The minimum Gasteiger partial charge on any atom is -0.493 e. The van der Waals surface area contributed by atoms with Crippen molar-refractivity contribution in [2.45, 2.75) is 32.7 Å². The lowest BCUT2D eigenvalue weighted by atomic mass is 9.96. The number of aromatic nitrogens is 4. The molecular formula is C18H23N5O2. The van der Waals surface area contributed by atoms with Gasteiger partial charge in [-0.3, -0.25) is 0 Å². The Kier molecular flexibility index (Phi) is 4.48. The first-order valence-electron chi connectivity index (χ1n) is 8.10. The number of nitrogens with zero attached hydrogens (tertiary/aromatic N) is 4. The Morgan fingerprint density at radius 1 is 1.04 bits per heavy atom. The number of nitrogens with one attached hydrogen (secondary N) is 1. The van der Waals surface area contributed by atoms with E-state index in [2.05, 4.69) is 41.4 Å². The van der Waals surface area contributed by atoms with Gasteiger partial charge in [0.15, 0.2) is 23.0 Å². The fraction of sp³-hybridized carbons (Fsp3) is 0.389. The van der Waals surface area contributed by atoms with E-state index in [0.717, 1.165) is 28.6 Å². The molecule has 0 fully saturated rings. The molecule has 0 aliphatic heterocycles. The van der Waals surface area contributed by atoms with Gasteiger partial charge >= 0.3 is 0 Å². The van der Waals surface area contributed by atoms with Gasteiger partial charge < -0.3 is 14.8 Å². The zero-order valence-corrected chi connectivity index (χ0v) is 15.2. The average molecular weight is 341 g/mol. The zero-order valence-electron chi connectivity index (χ0n) is 15.2. The molecule has 7 nitrogen and oxygen atoms in total. The molecule has 0 atom stereocenters. The number of fused-ring (bicyclic) bond motifs is 1. The van der Waals surface area contributed by atoms with Crippen LogP contribution in [0.2, 0.25) is 0 Å². The molecule has 3 rings (SSSR count). The van der Waals surface area contributed by atoms with Gasteiger partial charge in [0, 0.05) is 17.5 Å². The van der Waals surface area contributed by atoms with E-state index in [-0.39, 0.29) is 5.41 Å². The van der Waals surface area contributed by atoms with Crippen LogP contribution in [-0.4, -0.2) is 34.0 Å². The topological polar surface area (TPSA) is 73.6 Å². The van der Waals surface area contributed by atoms with Crippen molar-refractivity contribution in [2.75, 3.05) is 19.5 Å². The summed E-state index contributed by atoms with van der Waals surface area (Å²) in [6, 6.07) is 9.60. The van der Waals surface area contributed by atoms with Crippen LogP contribution in [0.4, 0.5) is 5.82 Å². The molecule has 0 bridgehead atoms. The highest BCUT2D eigenvalue weighted by atomic mass is 16.5. The van der Waals surface area contributed by atoms with Gasteiger partial charge in [-0.1, -0.05) is 32.9 Å². The number of hydrogen-bond acceptors (Lipinski definition) is 6. The Morgan fingerprint density at radius 2 is 1.84 bits per heavy atom. The van der Waals surface area contributed by atoms with Crippen molar-refractivity contribution in [3.05, 3.63) is 41.7 Å². The molecule has 2 aromatic heterocycles. The Hall–Kier alpha value is -2.83. The summed E-state index contributed by atoms with van der Waals surface area (Å²) in [5.74, 6) is 2.99. The van der Waals surface area contributed by atoms with Crippen LogP contribution in [0.5, 0.6) is 11.5 Å². The highest BCUT2D eigenvalue weighted by Crippen LogP contribution is 2.31. The number of methoxy groups -OCH3 is 2. The smallest absolute Gasteiger partial charge is 0.178 e. The van der Waals surface area contributed by atoms with Crippen molar-refractivity contribution in [1.82, 2.24) is 19.8 Å². The normalized spacial score (nSPS) is 11.6. The molecule has 132 valence electrons. The minimum atomic E-state index is -0.138. The lowest BCUT2D eigenvalue weighted by molar-refractivity contribution is 0.352. The van der Waals surface area contributed by atoms with E-state index in [9.17, 15) is 0 Å². The highest BCUT2D eigenvalue weighted by Gasteiger charge is 2.21. The molecule has 2 heterocycles. The number of ether oxygens (including phenoxy) is 2. The summed E-state index contributed by atoms with van der Waals surface area (Å²) in [6.45, 7) is 6.83. The molecule has 7 heteroatoms. The van der Waals surface area contributed by atoms with Crippen molar-refractivity contribution < 1.29 is 9.47 Å². The fourth-order valence-electron chi connectivity index (χ4n) is 2.63. The SMILES string of the molecule is COc1cccc(CNc2ccc3nnc(C(C)(C)C)n3n2)c1OC. The van der Waals surface area contributed by atoms with Crippen molar-refractivity contribution in [1.29, 1.82) is 0 Å². The average Bonchev–Trinajstić information content (AvgIpc) is 3.02. The summed E-state index contributed by atoms with van der Waals surface area (Å²) < 4.78 is 12.6. The summed E-state index contributed by atoms with van der Waals surface area (Å²) in [5, 5.41) is 16.4. The lowest BCUT2D eigenvalue weighted by Gasteiger charge is -2.16. The summed E-state index contributed by atoms with van der Waals surface area (Å²) in [4.78, 5) is 0. The second kappa shape index (κ2) is 6.58. The third-order valence-corrected chi connectivity index (χ3v) is 3.88. The Morgan fingerprint density at radius 3 is 2.52 bits per heavy atom. The van der Waals surface area contributed by atoms with Crippen LogP contribution >= 0.6 is 0 Å². The quantitative estimate of drug-likeness (QED) is 0.769. The maximum Gasteiger partial charge on any atom is 0.178 e. The monoisotopic (exact) mass is 341 g/mol. The third-order valence-electron chi connectivity index (χ3n) is 3.88. The molecule has 0 amide bonds. The summed E-state index contributed by atoms with van der Waals surface area (Å²) in [6.07, 6.45) is 0. The second-order valence-corrected chi connectivity index (χ2v) is 6.77. The van der Waals surface area contributed by atoms with E-state index < -0.39 is 0 Å². The molecule has 0 spiro atoms. The molecule has 0 unspecified atom stereocenters. The Balaban J connectivity index is 1.87. The van der Waals surface area contributed by atoms with Crippen molar-refractivity contribution in [2.24, 2.45) is 0 Å². The predicted octanol–water partition coefficient (Wildman–Crippen LogP) is 3.05. The fourth-order valence-corrected chi connectivity index (χ4v) is 2.63. The van der Waals surface area contributed by atoms with Crippen molar-refractivity contribution in [3.8, 4) is 11.5 Å². The van der Waals surface area contributed by atoms with Crippen molar-refractivity contribution in [3.63, 3.8) is 0 Å². The number of rotatable bonds is 5. The second-order valence-electron chi connectivity index (χ2n) is 6.77. The van der Waals surface area contributed by atoms with Crippen LogP contribution in [0.15, 0.2) is 30.3 Å². The van der Waals surface area contributed by atoms with Crippen LogP contribution < -0.4 is 14.8 Å².